The molecule has 0 amide bonds. The van der Waals surface area contributed by atoms with Crippen molar-refractivity contribution in [2.45, 2.75) is 20.0 Å². The molecule has 112 valence electrons. The molecule has 3 N–H and O–H groups in total. The number of benzene rings is 2. The smallest absolute Gasteiger partial charge is 0.137 e. The van der Waals surface area contributed by atoms with Crippen LogP contribution < -0.4 is 20.5 Å². The van der Waals surface area contributed by atoms with Gasteiger partial charge in [-0.2, -0.15) is 0 Å². The number of halogens is 1. The van der Waals surface area contributed by atoms with E-state index in [1.807, 2.05) is 38.1 Å². The zero-order chi connectivity index (χ0) is 15.4. The van der Waals surface area contributed by atoms with E-state index in [4.69, 9.17) is 26.8 Å². The van der Waals surface area contributed by atoms with Gasteiger partial charge in [-0.3, -0.25) is 0 Å². The molecule has 0 aliphatic heterocycles. The predicted octanol–water partition coefficient (Wildman–Crippen LogP) is 4.46. The molecule has 0 saturated carbocycles. The van der Waals surface area contributed by atoms with Gasteiger partial charge >= 0.3 is 0 Å². The van der Waals surface area contributed by atoms with Gasteiger partial charge in [0.15, 0.2) is 0 Å². The summed E-state index contributed by atoms with van der Waals surface area (Å²) in [6.45, 7) is 3.94. The van der Waals surface area contributed by atoms with E-state index >= 15 is 0 Å². The maximum atomic E-state index is 6.11. The van der Waals surface area contributed by atoms with Crippen LogP contribution in [0.2, 0.25) is 5.02 Å². The maximum absolute atomic E-state index is 6.11. The Kier molecular flexibility index (Phi) is 4.81. The van der Waals surface area contributed by atoms with Gasteiger partial charge in [-0.25, -0.2) is 0 Å². The first-order chi connectivity index (χ1) is 9.97. The molecule has 21 heavy (non-hydrogen) atoms. The second kappa shape index (κ2) is 6.59. The monoisotopic (exact) mass is 306 g/mol. The van der Waals surface area contributed by atoms with Crippen molar-refractivity contribution in [3.05, 3.63) is 41.4 Å². The molecule has 2 aromatic rings. The molecule has 0 radical (unpaired) electrons. The topological polar surface area (TPSA) is 56.5 Å². The number of nitrogens with two attached hydrogens (primary N) is 1. The van der Waals surface area contributed by atoms with Gasteiger partial charge in [-0.15, -0.1) is 0 Å². The van der Waals surface area contributed by atoms with Crippen LogP contribution in [0.25, 0.3) is 0 Å². The molecule has 0 spiro atoms. The number of nitrogens with one attached hydrogen (secondary N) is 1. The normalized spacial score (nSPS) is 10.5. The summed E-state index contributed by atoms with van der Waals surface area (Å²) in [6.07, 6.45) is 0.0927. The highest BCUT2D eigenvalue weighted by Gasteiger charge is 2.05. The summed E-state index contributed by atoms with van der Waals surface area (Å²) in [4.78, 5) is 0. The van der Waals surface area contributed by atoms with Crippen molar-refractivity contribution in [2.75, 3.05) is 18.2 Å². The lowest BCUT2D eigenvalue weighted by molar-refractivity contribution is 0.242. The average Bonchev–Trinajstić information content (AvgIpc) is 2.37. The molecule has 0 fully saturated rings. The van der Waals surface area contributed by atoms with Crippen molar-refractivity contribution in [3.8, 4) is 11.5 Å². The van der Waals surface area contributed by atoms with Crippen LogP contribution >= 0.6 is 11.6 Å². The van der Waals surface area contributed by atoms with Crippen LogP contribution in [0, 0.1) is 0 Å². The number of nitrogen functional groups attached to an aromatic ring is 1. The summed E-state index contributed by atoms with van der Waals surface area (Å²) in [5.41, 5.74) is 8.22. The van der Waals surface area contributed by atoms with Crippen molar-refractivity contribution in [2.24, 2.45) is 0 Å². The summed E-state index contributed by atoms with van der Waals surface area (Å²) in [5.74, 6) is 1.37. The third kappa shape index (κ3) is 4.20. The van der Waals surface area contributed by atoms with Crippen LogP contribution in [-0.2, 0) is 0 Å². The van der Waals surface area contributed by atoms with E-state index in [2.05, 4.69) is 5.32 Å². The molecule has 0 bridgehead atoms. The number of methoxy groups -OCH3 is 1. The molecule has 5 heteroatoms. The first kappa shape index (κ1) is 15.3. The van der Waals surface area contributed by atoms with E-state index in [-0.39, 0.29) is 6.10 Å². The molecule has 0 heterocycles. The molecule has 0 aliphatic carbocycles. The first-order valence-electron chi connectivity index (χ1n) is 6.65. The number of rotatable bonds is 5. The van der Waals surface area contributed by atoms with Gasteiger partial charge in [0.2, 0.25) is 0 Å². The predicted molar refractivity (Wildman–Crippen MR) is 87.9 cm³/mol. The summed E-state index contributed by atoms with van der Waals surface area (Å²) >= 11 is 6.11. The maximum Gasteiger partial charge on any atom is 0.137 e. The summed E-state index contributed by atoms with van der Waals surface area (Å²) in [7, 11) is 1.59. The van der Waals surface area contributed by atoms with Gasteiger partial charge in [-0.1, -0.05) is 11.6 Å². The van der Waals surface area contributed by atoms with Crippen molar-refractivity contribution >= 4 is 28.7 Å². The molecule has 0 saturated heterocycles. The van der Waals surface area contributed by atoms with Crippen LogP contribution in [0.5, 0.6) is 11.5 Å². The summed E-state index contributed by atoms with van der Waals surface area (Å²) in [5, 5.41) is 3.80. The zero-order valence-corrected chi connectivity index (χ0v) is 13.1. The minimum Gasteiger partial charge on any atom is -0.495 e. The third-order valence-corrected chi connectivity index (χ3v) is 3.04. The standard InChI is InChI=1S/C16H19ClN2O2/c1-10(2)21-14-7-11(18)6-13(8-14)19-12-4-5-16(20-3)15(17)9-12/h4-10,19H,18H2,1-3H3. The lowest BCUT2D eigenvalue weighted by Gasteiger charge is -2.14. The van der Waals surface area contributed by atoms with Gasteiger partial charge in [0.25, 0.3) is 0 Å². The molecule has 0 aromatic heterocycles. The van der Waals surface area contributed by atoms with Crippen LogP contribution in [0.3, 0.4) is 0 Å². The van der Waals surface area contributed by atoms with Crippen molar-refractivity contribution < 1.29 is 9.47 Å². The van der Waals surface area contributed by atoms with Crippen LogP contribution in [0.1, 0.15) is 13.8 Å². The lowest BCUT2D eigenvalue weighted by Crippen LogP contribution is -2.06. The fraction of sp³-hybridized carbons (Fsp3) is 0.250. The molecule has 0 unspecified atom stereocenters. The van der Waals surface area contributed by atoms with Crippen LogP contribution in [-0.4, -0.2) is 13.2 Å². The summed E-state index contributed by atoms with van der Waals surface area (Å²) in [6, 6.07) is 11.0. The quantitative estimate of drug-likeness (QED) is 0.801. The molecule has 0 atom stereocenters. The fourth-order valence-electron chi connectivity index (χ4n) is 1.95. The van der Waals surface area contributed by atoms with Gasteiger partial charge in [0.1, 0.15) is 11.5 Å². The van der Waals surface area contributed by atoms with Gasteiger partial charge in [-0.05, 0) is 38.1 Å². The Morgan fingerprint density at radius 1 is 1.10 bits per heavy atom. The Labute approximate surface area is 129 Å². The second-order valence-electron chi connectivity index (χ2n) is 4.93. The highest BCUT2D eigenvalue weighted by atomic mass is 35.5. The lowest BCUT2D eigenvalue weighted by atomic mass is 10.2. The summed E-state index contributed by atoms with van der Waals surface area (Å²) < 4.78 is 10.8. The van der Waals surface area contributed by atoms with Crippen molar-refractivity contribution in [1.82, 2.24) is 0 Å². The minimum atomic E-state index is 0.0927. The second-order valence-corrected chi connectivity index (χ2v) is 5.34. The number of anilines is 3. The van der Waals surface area contributed by atoms with E-state index in [0.717, 1.165) is 17.1 Å². The van der Waals surface area contributed by atoms with Crippen molar-refractivity contribution in [1.29, 1.82) is 0 Å². The van der Waals surface area contributed by atoms with Crippen LogP contribution in [0.4, 0.5) is 17.1 Å². The molecule has 0 aliphatic rings. The largest absolute Gasteiger partial charge is 0.495 e. The van der Waals surface area contributed by atoms with E-state index < -0.39 is 0 Å². The first-order valence-corrected chi connectivity index (χ1v) is 7.03. The Balaban J connectivity index is 2.22. The fourth-order valence-corrected chi connectivity index (χ4v) is 2.20. The number of hydrogen-bond donors (Lipinski definition) is 2. The molecule has 2 aromatic carbocycles. The third-order valence-electron chi connectivity index (χ3n) is 2.74. The van der Waals surface area contributed by atoms with E-state index in [9.17, 15) is 0 Å². The van der Waals surface area contributed by atoms with Crippen LogP contribution in [0.15, 0.2) is 36.4 Å². The van der Waals surface area contributed by atoms with E-state index in [0.29, 0.717) is 16.5 Å². The highest BCUT2D eigenvalue weighted by Crippen LogP contribution is 2.30. The number of hydrogen-bond acceptors (Lipinski definition) is 4. The Hall–Kier alpha value is -2.07. The van der Waals surface area contributed by atoms with Gasteiger partial charge in [0, 0.05) is 29.2 Å². The van der Waals surface area contributed by atoms with Crippen molar-refractivity contribution in [3.63, 3.8) is 0 Å². The SMILES string of the molecule is COc1ccc(Nc2cc(N)cc(OC(C)C)c2)cc1Cl. The highest BCUT2D eigenvalue weighted by molar-refractivity contribution is 6.32. The molecular formula is C16H19ClN2O2. The number of ether oxygens (including phenoxy) is 2. The van der Waals surface area contributed by atoms with E-state index in [1.54, 1.807) is 19.2 Å². The Morgan fingerprint density at radius 3 is 2.48 bits per heavy atom. The Bertz CT molecular complexity index is 630. The van der Waals surface area contributed by atoms with Gasteiger partial charge in [0.05, 0.1) is 18.2 Å². The van der Waals surface area contributed by atoms with E-state index in [1.165, 1.54) is 0 Å². The Morgan fingerprint density at radius 2 is 1.86 bits per heavy atom. The molecule has 2 rings (SSSR count). The average molecular weight is 307 g/mol. The minimum absolute atomic E-state index is 0.0927. The van der Waals surface area contributed by atoms with Gasteiger partial charge < -0.3 is 20.5 Å². The molecule has 4 nitrogen and oxygen atoms in total. The molecular weight excluding hydrogens is 288 g/mol. The zero-order valence-electron chi connectivity index (χ0n) is 12.3.